The van der Waals surface area contributed by atoms with E-state index in [1.54, 1.807) is 6.21 Å². The van der Waals surface area contributed by atoms with E-state index < -0.39 is 4.92 Å². The number of rotatable bonds is 9. The third kappa shape index (κ3) is 6.62. The number of aromatic nitrogens is 1. The number of nitrogens with one attached hydrogen (secondary N) is 1. The maximum absolute atomic E-state index is 10.7. The smallest absolute Gasteiger partial charge is 0.287 e. The van der Waals surface area contributed by atoms with Gasteiger partial charge in [0.05, 0.1) is 21.3 Å². The van der Waals surface area contributed by atoms with Gasteiger partial charge in [0.2, 0.25) is 0 Å². The summed E-state index contributed by atoms with van der Waals surface area (Å²) in [6, 6.07) is 14.6. The van der Waals surface area contributed by atoms with E-state index in [0.29, 0.717) is 30.5 Å². The van der Waals surface area contributed by atoms with Gasteiger partial charge >= 0.3 is 0 Å². The molecule has 1 N–H and O–H groups in total. The molecule has 1 heterocycles. The fraction of sp³-hybridized carbons (Fsp3) is 0.143. The Hall–Kier alpha value is -2.73. The molecule has 0 unspecified atom stereocenters. The van der Waals surface area contributed by atoms with Crippen LogP contribution in [-0.2, 0) is 6.61 Å². The highest BCUT2D eigenvalue weighted by Crippen LogP contribution is 2.34. The molecule has 0 radical (unpaired) electrons. The van der Waals surface area contributed by atoms with Gasteiger partial charge in [0.1, 0.15) is 18.6 Å². The van der Waals surface area contributed by atoms with Gasteiger partial charge in [-0.05, 0) is 71.0 Å². The summed E-state index contributed by atoms with van der Waals surface area (Å²) in [7, 11) is 0. The van der Waals surface area contributed by atoms with E-state index >= 15 is 0 Å². The highest BCUT2D eigenvalue weighted by atomic mass is 127. The Morgan fingerprint density at radius 2 is 2.00 bits per heavy atom. The molecular formula is C21H18BrIN4O4. The lowest BCUT2D eigenvalue weighted by molar-refractivity contribution is -0.385. The number of halogens is 2. The topological polar surface area (TPSA) is 98.9 Å². The zero-order valence-electron chi connectivity index (χ0n) is 16.4. The minimum absolute atomic E-state index is 0.0795. The van der Waals surface area contributed by atoms with Gasteiger partial charge in [-0.1, -0.05) is 28.1 Å². The first-order valence-corrected chi connectivity index (χ1v) is 11.1. The van der Waals surface area contributed by atoms with Crippen molar-refractivity contribution in [1.82, 2.24) is 4.98 Å². The Morgan fingerprint density at radius 3 is 2.65 bits per heavy atom. The number of nitrogens with zero attached hydrogens (tertiary/aromatic N) is 3. The van der Waals surface area contributed by atoms with Crippen molar-refractivity contribution >= 4 is 56.2 Å². The van der Waals surface area contributed by atoms with E-state index in [2.05, 4.69) is 54.0 Å². The number of pyridine rings is 1. The Labute approximate surface area is 201 Å². The lowest BCUT2D eigenvalue weighted by atomic mass is 10.2. The summed E-state index contributed by atoms with van der Waals surface area (Å²) in [5.41, 5.74) is 4.53. The van der Waals surface area contributed by atoms with Crippen LogP contribution in [0.1, 0.15) is 18.1 Å². The Morgan fingerprint density at radius 1 is 1.23 bits per heavy atom. The Balaban J connectivity index is 1.71. The van der Waals surface area contributed by atoms with E-state index in [4.69, 9.17) is 9.47 Å². The van der Waals surface area contributed by atoms with E-state index in [1.165, 1.54) is 18.3 Å². The summed E-state index contributed by atoms with van der Waals surface area (Å²) >= 11 is 5.63. The van der Waals surface area contributed by atoms with Crippen molar-refractivity contribution in [2.24, 2.45) is 5.10 Å². The number of anilines is 1. The largest absolute Gasteiger partial charge is 0.490 e. The molecule has 0 bridgehead atoms. The molecule has 10 heteroatoms. The Bertz CT molecular complexity index is 1080. The van der Waals surface area contributed by atoms with Crippen molar-refractivity contribution in [2.45, 2.75) is 13.5 Å². The van der Waals surface area contributed by atoms with Crippen LogP contribution in [0.3, 0.4) is 0 Å². The molecule has 0 atom stereocenters. The molecule has 3 aromatic rings. The molecule has 0 saturated carbocycles. The van der Waals surface area contributed by atoms with Gasteiger partial charge in [0, 0.05) is 10.5 Å². The van der Waals surface area contributed by atoms with Gasteiger partial charge in [-0.25, -0.2) is 4.98 Å². The van der Waals surface area contributed by atoms with Crippen LogP contribution >= 0.6 is 38.5 Å². The van der Waals surface area contributed by atoms with Crippen molar-refractivity contribution < 1.29 is 14.4 Å². The van der Waals surface area contributed by atoms with Crippen LogP contribution < -0.4 is 14.9 Å². The van der Waals surface area contributed by atoms with Crippen LogP contribution in [-0.4, -0.2) is 22.7 Å². The molecule has 3 rings (SSSR count). The van der Waals surface area contributed by atoms with Crippen LogP contribution in [0.2, 0.25) is 0 Å². The molecule has 0 amide bonds. The van der Waals surface area contributed by atoms with Gasteiger partial charge in [0.15, 0.2) is 11.5 Å². The molecule has 160 valence electrons. The zero-order chi connectivity index (χ0) is 22.2. The second-order valence-corrected chi connectivity index (χ2v) is 8.28. The molecule has 0 aliphatic heterocycles. The predicted octanol–water partition coefficient (Wildman–Crippen LogP) is 5.78. The van der Waals surface area contributed by atoms with Crippen LogP contribution in [0.25, 0.3) is 0 Å². The fourth-order valence-corrected chi connectivity index (χ4v) is 3.58. The molecule has 2 aromatic carbocycles. The summed E-state index contributed by atoms with van der Waals surface area (Å²) in [6.45, 7) is 2.83. The van der Waals surface area contributed by atoms with E-state index in [0.717, 1.165) is 19.2 Å². The molecular weight excluding hydrogens is 579 g/mol. The fourth-order valence-electron chi connectivity index (χ4n) is 2.53. The third-order valence-electron chi connectivity index (χ3n) is 3.98. The van der Waals surface area contributed by atoms with E-state index in [1.807, 2.05) is 43.3 Å². The summed E-state index contributed by atoms with van der Waals surface area (Å²) in [5.74, 6) is 1.70. The minimum atomic E-state index is -0.502. The summed E-state index contributed by atoms with van der Waals surface area (Å²) < 4.78 is 13.7. The molecule has 31 heavy (non-hydrogen) atoms. The van der Waals surface area contributed by atoms with Crippen molar-refractivity contribution in [3.05, 3.63) is 84.0 Å². The second-order valence-electron chi connectivity index (χ2n) is 6.21. The monoisotopic (exact) mass is 596 g/mol. The van der Waals surface area contributed by atoms with Crippen molar-refractivity contribution in [3.63, 3.8) is 0 Å². The third-order valence-corrected chi connectivity index (χ3v) is 5.31. The first-order valence-electron chi connectivity index (χ1n) is 9.19. The van der Waals surface area contributed by atoms with Crippen LogP contribution in [0.4, 0.5) is 11.5 Å². The first-order chi connectivity index (χ1) is 15.0. The highest BCUT2D eigenvalue weighted by Gasteiger charge is 2.12. The van der Waals surface area contributed by atoms with Gasteiger partial charge in [0.25, 0.3) is 5.69 Å². The van der Waals surface area contributed by atoms with Crippen molar-refractivity contribution in [2.75, 3.05) is 12.0 Å². The maximum Gasteiger partial charge on any atom is 0.287 e. The van der Waals surface area contributed by atoms with Crippen molar-refractivity contribution in [3.8, 4) is 11.5 Å². The predicted molar refractivity (Wildman–Crippen MR) is 131 cm³/mol. The SMILES string of the molecule is CCOc1cc(/C=N\Nc2ccc([N+](=O)[O-])cn2)cc(I)c1OCc1ccc(Br)cc1. The lowest BCUT2D eigenvalue weighted by Crippen LogP contribution is -2.03. The van der Waals surface area contributed by atoms with E-state index in [-0.39, 0.29) is 5.69 Å². The average molecular weight is 597 g/mol. The molecule has 0 spiro atoms. The van der Waals surface area contributed by atoms with Crippen LogP contribution in [0.5, 0.6) is 11.5 Å². The van der Waals surface area contributed by atoms with Crippen molar-refractivity contribution in [1.29, 1.82) is 0 Å². The molecule has 0 fully saturated rings. The normalized spacial score (nSPS) is 10.8. The van der Waals surface area contributed by atoms with Gasteiger partial charge in [-0.15, -0.1) is 0 Å². The maximum atomic E-state index is 10.7. The number of nitro groups is 1. The van der Waals surface area contributed by atoms with Crippen LogP contribution in [0.15, 0.2) is 64.3 Å². The first kappa shape index (κ1) is 22.9. The summed E-state index contributed by atoms with van der Waals surface area (Å²) in [6.07, 6.45) is 2.79. The summed E-state index contributed by atoms with van der Waals surface area (Å²) in [4.78, 5) is 14.1. The second kappa shape index (κ2) is 11.0. The average Bonchev–Trinajstić information content (AvgIpc) is 2.75. The molecule has 8 nitrogen and oxygen atoms in total. The number of hydrazone groups is 1. The number of benzene rings is 2. The van der Waals surface area contributed by atoms with Crippen LogP contribution in [0, 0.1) is 13.7 Å². The standard InChI is InChI=1S/C21H18BrIN4O4/c1-2-30-19-10-15(11-25-26-20-8-7-17(12-24-20)27(28)29)9-18(23)21(19)31-13-14-3-5-16(22)6-4-14/h3-12H,2,13H2,1H3,(H,24,26)/b25-11-. The molecule has 0 aliphatic rings. The Kier molecular flexibility index (Phi) is 8.18. The quantitative estimate of drug-likeness (QED) is 0.145. The molecule has 1 aromatic heterocycles. The summed E-state index contributed by atoms with van der Waals surface area (Å²) in [5, 5.41) is 14.8. The number of hydrogen-bond donors (Lipinski definition) is 1. The van der Waals surface area contributed by atoms with Gasteiger partial charge in [-0.2, -0.15) is 5.10 Å². The number of ether oxygens (including phenoxy) is 2. The zero-order valence-corrected chi connectivity index (χ0v) is 20.2. The molecule has 0 aliphatic carbocycles. The highest BCUT2D eigenvalue weighted by molar-refractivity contribution is 14.1. The van der Waals surface area contributed by atoms with Gasteiger partial charge < -0.3 is 9.47 Å². The lowest BCUT2D eigenvalue weighted by Gasteiger charge is -2.15. The molecule has 0 saturated heterocycles. The van der Waals surface area contributed by atoms with Gasteiger partial charge in [-0.3, -0.25) is 15.5 Å². The minimum Gasteiger partial charge on any atom is -0.490 e. The van der Waals surface area contributed by atoms with E-state index in [9.17, 15) is 10.1 Å². The number of hydrogen-bond acceptors (Lipinski definition) is 7.